The highest BCUT2D eigenvalue weighted by Gasteiger charge is 2.05. The zero-order chi connectivity index (χ0) is 11.3. The lowest BCUT2D eigenvalue weighted by atomic mass is 10.3. The van der Waals surface area contributed by atoms with Crippen LogP contribution in [0.1, 0.15) is 26.3 Å². The van der Waals surface area contributed by atoms with E-state index in [-0.39, 0.29) is 0 Å². The predicted octanol–water partition coefficient (Wildman–Crippen LogP) is 2.96. The minimum absolute atomic E-state index is 0.687. The largest absolute Gasteiger partial charge is 0.354 e. The third-order valence-corrected chi connectivity index (χ3v) is 3.33. The summed E-state index contributed by atoms with van der Waals surface area (Å²) >= 11 is 1.80. The number of nitrogens with zero attached hydrogens (tertiary/aromatic N) is 2. The molecule has 0 amide bonds. The van der Waals surface area contributed by atoms with E-state index in [4.69, 9.17) is 0 Å². The van der Waals surface area contributed by atoms with Crippen LogP contribution in [0, 0.1) is 12.8 Å². The summed E-state index contributed by atoms with van der Waals surface area (Å²) in [5.41, 5.74) is 1.15. The van der Waals surface area contributed by atoms with Gasteiger partial charge in [0, 0.05) is 18.5 Å². The zero-order valence-electron chi connectivity index (χ0n) is 9.87. The van der Waals surface area contributed by atoms with Gasteiger partial charge in [-0.25, -0.2) is 9.97 Å². The van der Waals surface area contributed by atoms with Gasteiger partial charge in [0.1, 0.15) is 5.03 Å². The predicted molar refractivity (Wildman–Crippen MR) is 66.5 cm³/mol. The fourth-order valence-corrected chi connectivity index (χ4v) is 1.98. The smallest absolute Gasteiger partial charge is 0.223 e. The van der Waals surface area contributed by atoms with E-state index in [1.54, 1.807) is 11.8 Å². The maximum atomic E-state index is 4.47. The van der Waals surface area contributed by atoms with Crippen LogP contribution in [0.5, 0.6) is 0 Å². The molecule has 0 unspecified atom stereocenters. The molecule has 0 atom stereocenters. The number of aromatic nitrogens is 2. The van der Waals surface area contributed by atoms with E-state index in [1.165, 1.54) is 0 Å². The summed E-state index contributed by atoms with van der Waals surface area (Å²) in [7, 11) is 0. The van der Waals surface area contributed by atoms with Crippen molar-refractivity contribution in [2.24, 2.45) is 5.92 Å². The van der Waals surface area contributed by atoms with E-state index >= 15 is 0 Å². The molecule has 0 bridgehead atoms. The fraction of sp³-hybridized carbons (Fsp3) is 0.636. The average molecular weight is 225 g/mol. The summed E-state index contributed by atoms with van der Waals surface area (Å²) < 4.78 is 0. The van der Waals surface area contributed by atoms with E-state index in [2.05, 4.69) is 36.1 Å². The molecule has 1 N–H and O–H groups in total. The topological polar surface area (TPSA) is 37.8 Å². The lowest BCUT2D eigenvalue weighted by Crippen LogP contribution is -2.03. The Balaban J connectivity index is 2.71. The monoisotopic (exact) mass is 225 g/mol. The second kappa shape index (κ2) is 5.95. The summed E-state index contributed by atoms with van der Waals surface area (Å²) in [5, 5.41) is 4.22. The van der Waals surface area contributed by atoms with Crippen LogP contribution >= 0.6 is 11.8 Å². The minimum Gasteiger partial charge on any atom is -0.354 e. The van der Waals surface area contributed by atoms with Crippen LogP contribution in [-0.4, -0.2) is 22.3 Å². The van der Waals surface area contributed by atoms with E-state index in [0.29, 0.717) is 5.92 Å². The first kappa shape index (κ1) is 12.3. The molecule has 0 aliphatic rings. The van der Waals surface area contributed by atoms with Crippen molar-refractivity contribution in [2.45, 2.75) is 32.7 Å². The molecule has 0 saturated carbocycles. The van der Waals surface area contributed by atoms with Gasteiger partial charge in [-0.3, -0.25) is 0 Å². The molecule has 3 nitrogen and oxygen atoms in total. The summed E-state index contributed by atoms with van der Waals surface area (Å²) in [6.07, 6.45) is 1.88. The van der Waals surface area contributed by atoms with Gasteiger partial charge in [-0.15, -0.1) is 11.8 Å². The Bertz CT molecular complexity index is 313. The van der Waals surface area contributed by atoms with Gasteiger partial charge in [-0.05, 0) is 25.3 Å². The maximum Gasteiger partial charge on any atom is 0.223 e. The molecule has 15 heavy (non-hydrogen) atoms. The van der Waals surface area contributed by atoms with Gasteiger partial charge in [0.15, 0.2) is 0 Å². The quantitative estimate of drug-likeness (QED) is 0.617. The lowest BCUT2D eigenvalue weighted by Gasteiger charge is -2.08. The molecular formula is C11H19N3S. The number of nitrogens with one attached hydrogen (secondary N) is 1. The van der Waals surface area contributed by atoms with Crippen molar-refractivity contribution < 1.29 is 0 Å². The highest BCUT2D eigenvalue weighted by Crippen LogP contribution is 2.22. The van der Waals surface area contributed by atoms with Gasteiger partial charge < -0.3 is 5.32 Å². The molecular weight excluding hydrogens is 206 g/mol. The van der Waals surface area contributed by atoms with Gasteiger partial charge in [0.05, 0.1) is 0 Å². The molecule has 0 saturated heterocycles. The molecule has 0 radical (unpaired) electrons. The molecule has 0 aromatic carbocycles. The highest BCUT2D eigenvalue weighted by molar-refractivity contribution is 7.99. The summed E-state index contributed by atoms with van der Waals surface area (Å²) in [6, 6.07) is 0. The first-order chi connectivity index (χ1) is 7.13. The third-order valence-electron chi connectivity index (χ3n) is 1.81. The first-order valence-corrected chi connectivity index (χ1v) is 6.32. The van der Waals surface area contributed by atoms with E-state index in [0.717, 1.165) is 28.8 Å². The van der Waals surface area contributed by atoms with E-state index in [9.17, 15) is 0 Å². The number of anilines is 1. The van der Waals surface area contributed by atoms with Crippen molar-refractivity contribution in [1.82, 2.24) is 9.97 Å². The van der Waals surface area contributed by atoms with Crippen LogP contribution in [0.3, 0.4) is 0 Å². The fourth-order valence-electron chi connectivity index (χ4n) is 1.06. The summed E-state index contributed by atoms with van der Waals surface area (Å²) in [4.78, 5) is 8.69. The second-order valence-electron chi connectivity index (χ2n) is 3.92. The molecule has 1 rings (SSSR count). The lowest BCUT2D eigenvalue weighted by molar-refractivity contribution is 0.749. The molecule has 1 aromatic heterocycles. The second-order valence-corrected chi connectivity index (χ2v) is 4.93. The normalized spacial score (nSPS) is 10.7. The standard InChI is InChI=1S/C11H19N3S/c1-5-12-11-13-6-9(4)10(14-11)15-7-8(2)3/h6,8H,5,7H2,1-4H3,(H,12,13,14). The van der Waals surface area contributed by atoms with Gasteiger partial charge in [0.25, 0.3) is 0 Å². The number of hydrogen-bond donors (Lipinski definition) is 1. The van der Waals surface area contributed by atoms with Gasteiger partial charge >= 0.3 is 0 Å². The number of hydrogen-bond acceptors (Lipinski definition) is 4. The van der Waals surface area contributed by atoms with Crippen molar-refractivity contribution in [1.29, 1.82) is 0 Å². The van der Waals surface area contributed by atoms with Crippen molar-refractivity contribution in [3.63, 3.8) is 0 Å². The van der Waals surface area contributed by atoms with Crippen LogP contribution in [-0.2, 0) is 0 Å². The maximum absolute atomic E-state index is 4.47. The molecule has 1 aromatic rings. The van der Waals surface area contributed by atoms with E-state index < -0.39 is 0 Å². The molecule has 0 aliphatic carbocycles. The van der Waals surface area contributed by atoms with Crippen molar-refractivity contribution >= 4 is 17.7 Å². The summed E-state index contributed by atoms with van der Waals surface area (Å²) in [5.74, 6) is 2.52. The molecule has 1 heterocycles. The van der Waals surface area contributed by atoms with Crippen LogP contribution in [0.4, 0.5) is 5.95 Å². The minimum atomic E-state index is 0.687. The van der Waals surface area contributed by atoms with Crippen LogP contribution in [0.25, 0.3) is 0 Å². The van der Waals surface area contributed by atoms with Crippen LogP contribution in [0.15, 0.2) is 11.2 Å². The van der Waals surface area contributed by atoms with E-state index in [1.807, 2.05) is 13.1 Å². The average Bonchev–Trinajstić information content (AvgIpc) is 2.19. The highest BCUT2D eigenvalue weighted by atomic mass is 32.2. The van der Waals surface area contributed by atoms with Gasteiger partial charge in [0.2, 0.25) is 5.95 Å². The number of aryl methyl sites for hydroxylation is 1. The molecule has 0 fully saturated rings. The third kappa shape index (κ3) is 4.08. The van der Waals surface area contributed by atoms with Crippen LogP contribution < -0.4 is 5.32 Å². The van der Waals surface area contributed by atoms with Crippen molar-refractivity contribution in [2.75, 3.05) is 17.6 Å². The Labute approximate surface area is 96.1 Å². The Kier molecular flexibility index (Phi) is 4.88. The number of rotatable bonds is 5. The zero-order valence-corrected chi connectivity index (χ0v) is 10.7. The number of thioether (sulfide) groups is 1. The SMILES string of the molecule is CCNc1ncc(C)c(SCC(C)C)n1. The molecule has 0 spiro atoms. The van der Waals surface area contributed by atoms with Crippen molar-refractivity contribution in [3.05, 3.63) is 11.8 Å². The Hall–Kier alpha value is -0.770. The summed E-state index contributed by atoms with van der Waals surface area (Å²) in [6.45, 7) is 9.39. The Morgan fingerprint density at radius 3 is 2.80 bits per heavy atom. The van der Waals surface area contributed by atoms with Crippen LogP contribution in [0.2, 0.25) is 0 Å². The molecule has 0 aliphatic heterocycles. The van der Waals surface area contributed by atoms with Gasteiger partial charge in [-0.1, -0.05) is 13.8 Å². The first-order valence-electron chi connectivity index (χ1n) is 5.33. The molecule has 4 heteroatoms. The van der Waals surface area contributed by atoms with Crippen molar-refractivity contribution in [3.8, 4) is 0 Å². The Morgan fingerprint density at radius 2 is 2.20 bits per heavy atom. The van der Waals surface area contributed by atoms with Gasteiger partial charge in [-0.2, -0.15) is 0 Å². The molecule has 84 valence electrons. The Morgan fingerprint density at radius 1 is 1.47 bits per heavy atom.